The first kappa shape index (κ1) is 16.5. The predicted molar refractivity (Wildman–Crippen MR) is 100 cm³/mol. The molecule has 0 bridgehead atoms. The Hall–Kier alpha value is -4.00. The number of hydrogen-bond acceptors (Lipinski definition) is 6. The van der Waals surface area contributed by atoms with Crippen LogP contribution in [0, 0.1) is 5.21 Å². The third-order valence-corrected chi connectivity index (χ3v) is 3.78. The van der Waals surface area contributed by atoms with Gasteiger partial charge in [-0.2, -0.15) is 0 Å². The molecule has 130 valence electrons. The monoisotopic (exact) mass is 354 g/mol. The number of pyridine rings is 4. The summed E-state index contributed by atoms with van der Waals surface area (Å²) in [5.74, 6) is 0. The lowest BCUT2D eigenvalue weighted by Gasteiger charge is -2.02. The van der Waals surface area contributed by atoms with E-state index in [-0.39, 0.29) is 0 Å². The summed E-state index contributed by atoms with van der Waals surface area (Å²) in [6.45, 7) is 0. The van der Waals surface area contributed by atoms with Gasteiger partial charge < -0.3 is 5.21 Å². The molecule has 4 aromatic heterocycles. The van der Waals surface area contributed by atoms with Crippen LogP contribution in [0.25, 0.3) is 22.8 Å². The Morgan fingerprint density at radius 2 is 1.22 bits per heavy atom. The average molecular weight is 354 g/mol. The number of aromatic nitrogens is 4. The van der Waals surface area contributed by atoms with Crippen molar-refractivity contribution in [1.82, 2.24) is 19.9 Å². The van der Waals surface area contributed by atoms with Gasteiger partial charge in [0.15, 0.2) is 5.69 Å². The topological polar surface area (TPSA) is 90.0 Å². The summed E-state index contributed by atoms with van der Waals surface area (Å²) >= 11 is 0. The van der Waals surface area contributed by atoms with E-state index < -0.39 is 0 Å². The quantitative estimate of drug-likeness (QED) is 0.305. The molecule has 0 saturated heterocycles. The molecule has 0 aliphatic carbocycles. The fourth-order valence-corrected chi connectivity index (χ4v) is 2.44. The summed E-state index contributed by atoms with van der Waals surface area (Å²) in [4.78, 5) is 17.6. The van der Waals surface area contributed by atoms with Crippen molar-refractivity contribution < 1.29 is 4.86 Å². The minimum atomic E-state index is 0.323. The van der Waals surface area contributed by atoms with E-state index in [1.54, 1.807) is 36.7 Å². The van der Waals surface area contributed by atoms with Crippen LogP contribution in [0.5, 0.6) is 0 Å². The van der Waals surface area contributed by atoms with Crippen LogP contribution in [0.3, 0.4) is 0 Å². The maximum absolute atomic E-state index is 12.3. The van der Waals surface area contributed by atoms with Crippen molar-refractivity contribution in [2.24, 2.45) is 5.11 Å². The third kappa shape index (κ3) is 3.82. The summed E-state index contributed by atoms with van der Waals surface area (Å²) in [5.41, 5.74) is 3.68. The third-order valence-electron chi connectivity index (χ3n) is 3.78. The first-order chi connectivity index (χ1) is 13.3. The Morgan fingerprint density at radius 3 is 1.70 bits per heavy atom. The molecule has 27 heavy (non-hydrogen) atoms. The van der Waals surface area contributed by atoms with Crippen LogP contribution in [-0.2, 0) is 0 Å². The molecule has 0 atom stereocenters. The van der Waals surface area contributed by atoms with Gasteiger partial charge in [-0.3, -0.25) is 15.0 Å². The molecule has 0 spiro atoms. The van der Waals surface area contributed by atoms with Crippen molar-refractivity contribution in [3.05, 3.63) is 90.7 Å². The van der Waals surface area contributed by atoms with Crippen molar-refractivity contribution in [2.75, 3.05) is 0 Å². The highest BCUT2D eigenvalue weighted by atomic mass is 16.5. The Balaban J connectivity index is 1.54. The zero-order chi connectivity index (χ0) is 18.5. The number of hydrogen-bond donors (Lipinski definition) is 0. The molecule has 0 aromatic carbocycles. The summed E-state index contributed by atoms with van der Waals surface area (Å²) < 4.78 is 0. The molecular weight excluding hydrogens is 340 g/mol. The summed E-state index contributed by atoms with van der Waals surface area (Å²) in [7, 11) is 0. The van der Waals surface area contributed by atoms with E-state index in [9.17, 15) is 5.21 Å². The molecular formula is C20H14N6O. The van der Waals surface area contributed by atoms with Crippen LogP contribution < -0.4 is 0 Å². The van der Waals surface area contributed by atoms with Gasteiger partial charge in [-0.05, 0) is 47.3 Å². The Kier molecular flexibility index (Phi) is 4.57. The molecule has 0 N–H and O–H groups in total. The second-order valence-electron chi connectivity index (χ2n) is 5.61. The highest BCUT2D eigenvalue weighted by Gasteiger charge is 2.08. The Bertz CT molecular complexity index is 1050. The summed E-state index contributed by atoms with van der Waals surface area (Å²) in [6, 6.07) is 18.1. The van der Waals surface area contributed by atoms with Gasteiger partial charge >= 0.3 is 0 Å². The maximum Gasteiger partial charge on any atom is 0.263 e. The second-order valence-corrected chi connectivity index (χ2v) is 5.61. The van der Waals surface area contributed by atoms with Crippen LogP contribution in [0.4, 0.5) is 11.4 Å². The van der Waals surface area contributed by atoms with Gasteiger partial charge in [-0.1, -0.05) is 12.1 Å². The molecule has 0 saturated carbocycles. The van der Waals surface area contributed by atoms with Gasteiger partial charge in [0.2, 0.25) is 0 Å². The smallest absolute Gasteiger partial charge is 0.263 e. The van der Waals surface area contributed by atoms with E-state index >= 15 is 0 Å². The lowest BCUT2D eigenvalue weighted by molar-refractivity contribution is -0.435. The van der Waals surface area contributed by atoms with Gasteiger partial charge in [-0.25, -0.2) is 4.98 Å². The molecule has 4 rings (SSSR count). The largest absolute Gasteiger partial charge is 0.594 e. The SMILES string of the molecule is [O-][N+](=Nc1ccc(-c2ccccn2)nc1)c1ccc(-c2ccccn2)nc1. The normalized spacial score (nSPS) is 11.3. The molecule has 4 aromatic rings. The molecule has 0 aliphatic heterocycles. The summed E-state index contributed by atoms with van der Waals surface area (Å²) in [5, 5.41) is 16.3. The highest BCUT2D eigenvalue weighted by Crippen LogP contribution is 2.21. The van der Waals surface area contributed by atoms with E-state index in [2.05, 4.69) is 25.1 Å². The molecule has 7 nitrogen and oxygen atoms in total. The van der Waals surface area contributed by atoms with E-state index in [4.69, 9.17) is 0 Å². The highest BCUT2D eigenvalue weighted by molar-refractivity contribution is 5.56. The van der Waals surface area contributed by atoms with Gasteiger partial charge in [0.1, 0.15) is 6.20 Å². The van der Waals surface area contributed by atoms with Gasteiger partial charge in [-0.15, -0.1) is 0 Å². The molecule has 7 heteroatoms. The average Bonchev–Trinajstić information content (AvgIpc) is 2.76. The lowest BCUT2D eigenvalue weighted by Crippen LogP contribution is -1.93. The van der Waals surface area contributed by atoms with Crippen LogP contribution in [-0.4, -0.2) is 24.8 Å². The van der Waals surface area contributed by atoms with Gasteiger partial charge in [0.05, 0.1) is 29.0 Å². The van der Waals surface area contributed by atoms with Gasteiger partial charge in [0.25, 0.3) is 5.69 Å². The summed E-state index contributed by atoms with van der Waals surface area (Å²) in [6.07, 6.45) is 6.40. The van der Waals surface area contributed by atoms with E-state index in [1.165, 1.54) is 12.4 Å². The van der Waals surface area contributed by atoms with Crippen molar-refractivity contribution >= 4 is 11.4 Å². The molecule has 0 amide bonds. The zero-order valence-electron chi connectivity index (χ0n) is 14.2. The lowest BCUT2D eigenvalue weighted by atomic mass is 10.2. The number of azo groups is 1. The Labute approximate surface area is 155 Å². The molecule has 0 radical (unpaired) electrons. The number of rotatable bonds is 4. The first-order valence-electron chi connectivity index (χ1n) is 8.23. The van der Waals surface area contributed by atoms with Crippen LogP contribution >= 0.6 is 0 Å². The minimum Gasteiger partial charge on any atom is -0.594 e. The fourth-order valence-electron chi connectivity index (χ4n) is 2.44. The molecule has 0 fully saturated rings. The van der Waals surface area contributed by atoms with E-state index in [1.807, 2.05) is 36.4 Å². The molecule has 0 unspecified atom stereocenters. The molecule has 4 heterocycles. The maximum atomic E-state index is 12.3. The van der Waals surface area contributed by atoms with Crippen molar-refractivity contribution in [3.8, 4) is 22.8 Å². The zero-order valence-corrected chi connectivity index (χ0v) is 14.2. The van der Waals surface area contributed by atoms with Crippen LogP contribution in [0.2, 0.25) is 0 Å². The first-order valence-corrected chi connectivity index (χ1v) is 8.23. The molecule has 0 aliphatic rings. The van der Waals surface area contributed by atoms with Crippen molar-refractivity contribution in [1.29, 1.82) is 0 Å². The fraction of sp³-hybridized carbons (Fsp3) is 0. The van der Waals surface area contributed by atoms with Crippen molar-refractivity contribution in [2.45, 2.75) is 0 Å². The van der Waals surface area contributed by atoms with Gasteiger partial charge in [0, 0.05) is 23.6 Å². The minimum absolute atomic E-state index is 0.323. The standard InChI is InChI=1S/C20H14N6O/c27-26(16-8-10-20(24-14-16)18-6-2-4-12-22-18)25-15-7-9-19(23-13-15)17-5-1-3-11-21-17/h1-14H. The van der Waals surface area contributed by atoms with Crippen LogP contribution in [0.1, 0.15) is 0 Å². The Morgan fingerprint density at radius 1 is 0.630 bits per heavy atom. The number of nitrogens with zero attached hydrogens (tertiary/aromatic N) is 6. The van der Waals surface area contributed by atoms with Crippen molar-refractivity contribution in [3.63, 3.8) is 0 Å². The van der Waals surface area contributed by atoms with E-state index in [0.717, 1.165) is 11.4 Å². The predicted octanol–water partition coefficient (Wildman–Crippen LogP) is 4.53. The van der Waals surface area contributed by atoms with E-state index in [0.29, 0.717) is 27.6 Å². The second kappa shape index (κ2) is 7.49. The van der Waals surface area contributed by atoms with Crippen LogP contribution in [0.15, 0.2) is 90.6 Å².